The molecule has 1 aliphatic rings. The number of aryl methyl sites for hydroxylation is 2. The first kappa shape index (κ1) is 38.0. The summed E-state index contributed by atoms with van der Waals surface area (Å²) < 4.78 is 9.24. The van der Waals surface area contributed by atoms with Crippen molar-refractivity contribution in [2.75, 3.05) is 16.5 Å². The van der Waals surface area contributed by atoms with Gasteiger partial charge in [-0.2, -0.15) is 0 Å². The van der Waals surface area contributed by atoms with Gasteiger partial charge in [0.05, 0.1) is 17.7 Å². The number of anilines is 2. The molecule has 0 saturated carbocycles. The molecule has 0 fully saturated rings. The maximum Gasteiger partial charge on any atom is 0.137 e. The number of para-hydroxylation sites is 1. The maximum absolute atomic E-state index is 6.97. The van der Waals surface area contributed by atoms with E-state index in [-0.39, 0.29) is 10.8 Å². The van der Waals surface area contributed by atoms with Crippen molar-refractivity contribution in [1.29, 1.82) is 0 Å². The van der Waals surface area contributed by atoms with Gasteiger partial charge < -0.3 is 14.5 Å². The Morgan fingerprint density at radius 3 is 2.00 bits per heavy atom. The van der Waals surface area contributed by atoms with Crippen LogP contribution in [0.3, 0.4) is 0 Å². The Bertz CT molecular complexity index is 2870. The molecule has 5 heteroatoms. The van der Waals surface area contributed by atoms with Crippen LogP contribution in [0.25, 0.3) is 49.9 Å². The van der Waals surface area contributed by atoms with Crippen LogP contribution in [0.5, 0.6) is 11.5 Å². The second kappa shape index (κ2) is 14.7. The van der Waals surface area contributed by atoms with E-state index in [1.165, 1.54) is 50.2 Å². The zero-order valence-electron chi connectivity index (χ0n) is 35.4. The number of rotatable bonds is 7. The quantitative estimate of drug-likeness (QED) is 0.162. The number of pyridine rings is 1. The fourth-order valence-electron chi connectivity index (χ4n) is 8.57. The molecule has 1 aliphatic heterocycles. The van der Waals surface area contributed by atoms with Gasteiger partial charge in [-0.1, -0.05) is 120 Å². The van der Waals surface area contributed by atoms with Crippen molar-refractivity contribution in [2.24, 2.45) is 5.41 Å². The molecule has 294 valence electrons. The number of ether oxygens (including phenoxy) is 1. The van der Waals surface area contributed by atoms with Gasteiger partial charge in [0.15, 0.2) is 0 Å². The van der Waals surface area contributed by atoms with E-state index in [1.54, 1.807) is 0 Å². The molecule has 0 aliphatic carbocycles. The second-order valence-corrected chi connectivity index (χ2v) is 18.0. The molecule has 0 bridgehead atoms. The SMILES string of the molecule is Cc1cccc(C)c1-c1cc(Oc2ccc3c4ccccc4n(-c4cc(C(C)(C)C)ccn4)c3c2)cc(N2C=C(C(C)(C)C)N(c3cccc(-c4ccccc4)c3)C2)c1. The van der Waals surface area contributed by atoms with Gasteiger partial charge in [0.1, 0.15) is 17.3 Å². The highest BCUT2D eigenvalue weighted by Crippen LogP contribution is 2.43. The molecule has 0 amide bonds. The van der Waals surface area contributed by atoms with E-state index in [9.17, 15) is 0 Å². The molecule has 6 aromatic carbocycles. The van der Waals surface area contributed by atoms with Crippen molar-refractivity contribution in [1.82, 2.24) is 9.55 Å². The van der Waals surface area contributed by atoms with E-state index in [4.69, 9.17) is 9.72 Å². The average Bonchev–Trinajstić information content (AvgIpc) is 3.82. The normalized spacial score (nSPS) is 13.4. The van der Waals surface area contributed by atoms with Crippen molar-refractivity contribution in [2.45, 2.75) is 60.8 Å². The molecule has 8 aromatic rings. The molecule has 0 atom stereocenters. The van der Waals surface area contributed by atoms with Crippen molar-refractivity contribution in [3.63, 3.8) is 0 Å². The minimum Gasteiger partial charge on any atom is -0.457 e. The predicted octanol–water partition coefficient (Wildman–Crippen LogP) is 14.4. The molecule has 0 saturated heterocycles. The minimum atomic E-state index is -0.101. The van der Waals surface area contributed by atoms with Gasteiger partial charge in [0.2, 0.25) is 0 Å². The molecule has 5 nitrogen and oxygen atoms in total. The molecular formula is C54H52N4O. The van der Waals surface area contributed by atoms with E-state index < -0.39 is 0 Å². The van der Waals surface area contributed by atoms with Gasteiger partial charge in [-0.25, -0.2) is 4.98 Å². The van der Waals surface area contributed by atoms with Crippen LogP contribution >= 0.6 is 0 Å². The maximum atomic E-state index is 6.97. The third kappa shape index (κ3) is 7.27. The summed E-state index contributed by atoms with van der Waals surface area (Å²) in [5, 5.41) is 2.35. The van der Waals surface area contributed by atoms with Crippen LogP contribution in [-0.2, 0) is 5.41 Å². The van der Waals surface area contributed by atoms with Gasteiger partial charge in [-0.3, -0.25) is 4.57 Å². The molecular weight excluding hydrogens is 721 g/mol. The van der Waals surface area contributed by atoms with Gasteiger partial charge >= 0.3 is 0 Å². The first-order chi connectivity index (χ1) is 28.3. The lowest BCUT2D eigenvalue weighted by molar-refractivity contribution is 0.483. The van der Waals surface area contributed by atoms with Crippen molar-refractivity contribution < 1.29 is 4.74 Å². The van der Waals surface area contributed by atoms with Crippen LogP contribution in [0.4, 0.5) is 11.4 Å². The standard InChI is InChI=1S/C54H52N4O/c1-36-16-14-17-37(2)52(36)40-29-43(56-34-50(54(6,7)8)57(35-56)42-21-15-20-39(28-42)38-18-10-9-11-19-38)32-45(30-40)59-44-24-25-47-46-22-12-13-23-48(46)58(49(47)33-44)51-31-41(26-27-55-51)53(3,4)5/h9-34H,35H2,1-8H3. The lowest BCUT2D eigenvalue weighted by Crippen LogP contribution is -2.30. The van der Waals surface area contributed by atoms with E-state index in [0.29, 0.717) is 6.67 Å². The van der Waals surface area contributed by atoms with Gasteiger partial charge in [-0.15, -0.1) is 0 Å². The summed E-state index contributed by atoms with van der Waals surface area (Å²) in [4.78, 5) is 9.73. The summed E-state index contributed by atoms with van der Waals surface area (Å²) in [6.45, 7) is 18.7. The zero-order chi connectivity index (χ0) is 41.1. The minimum absolute atomic E-state index is 0.00961. The average molecular weight is 773 g/mol. The smallest absolute Gasteiger partial charge is 0.137 e. The fourth-order valence-corrected chi connectivity index (χ4v) is 8.57. The van der Waals surface area contributed by atoms with Crippen molar-refractivity contribution >= 4 is 33.2 Å². The highest BCUT2D eigenvalue weighted by Gasteiger charge is 2.32. The summed E-state index contributed by atoms with van der Waals surface area (Å²) in [6, 6.07) is 52.1. The number of hydrogen-bond donors (Lipinski definition) is 0. The van der Waals surface area contributed by atoms with Crippen LogP contribution in [0, 0.1) is 19.3 Å². The summed E-state index contributed by atoms with van der Waals surface area (Å²) in [6.07, 6.45) is 4.25. The van der Waals surface area contributed by atoms with Crippen LogP contribution in [-0.4, -0.2) is 16.2 Å². The van der Waals surface area contributed by atoms with Crippen LogP contribution < -0.4 is 14.5 Å². The lowest BCUT2D eigenvalue weighted by Gasteiger charge is -2.31. The lowest BCUT2D eigenvalue weighted by atomic mass is 9.88. The summed E-state index contributed by atoms with van der Waals surface area (Å²) in [5.41, 5.74) is 14.0. The van der Waals surface area contributed by atoms with Crippen molar-refractivity contribution in [3.8, 4) is 39.6 Å². The number of aromatic nitrogens is 2. The zero-order valence-corrected chi connectivity index (χ0v) is 35.4. The van der Waals surface area contributed by atoms with Gasteiger partial charge in [0.25, 0.3) is 0 Å². The Morgan fingerprint density at radius 1 is 0.542 bits per heavy atom. The van der Waals surface area contributed by atoms with Crippen LogP contribution in [0.1, 0.15) is 58.2 Å². The number of benzene rings is 6. The number of allylic oxidation sites excluding steroid dienone is 1. The summed E-state index contributed by atoms with van der Waals surface area (Å²) >= 11 is 0. The largest absolute Gasteiger partial charge is 0.457 e. The number of hydrogen-bond acceptors (Lipinski definition) is 4. The van der Waals surface area contributed by atoms with E-state index in [0.717, 1.165) is 45.0 Å². The molecule has 2 aromatic heterocycles. The molecule has 0 N–H and O–H groups in total. The second-order valence-electron chi connectivity index (χ2n) is 18.0. The topological polar surface area (TPSA) is 33.5 Å². The van der Waals surface area contributed by atoms with Gasteiger partial charge in [-0.05, 0) is 113 Å². The Hall–Kier alpha value is -6.59. The molecule has 0 spiro atoms. The molecule has 59 heavy (non-hydrogen) atoms. The third-order valence-electron chi connectivity index (χ3n) is 11.6. The highest BCUT2D eigenvalue weighted by molar-refractivity contribution is 6.09. The molecule has 3 heterocycles. The number of fused-ring (bicyclic) bond motifs is 3. The molecule has 0 unspecified atom stereocenters. The van der Waals surface area contributed by atoms with Crippen molar-refractivity contribution in [3.05, 3.63) is 180 Å². The predicted molar refractivity (Wildman–Crippen MR) is 248 cm³/mol. The van der Waals surface area contributed by atoms with Gasteiger partial charge in [0, 0.05) is 57.8 Å². The Morgan fingerprint density at radius 2 is 1.24 bits per heavy atom. The monoisotopic (exact) mass is 772 g/mol. The first-order valence-electron chi connectivity index (χ1n) is 20.6. The highest BCUT2D eigenvalue weighted by atomic mass is 16.5. The Balaban J connectivity index is 1.15. The Kier molecular flexibility index (Phi) is 9.43. The number of nitrogens with zero attached hydrogens (tertiary/aromatic N) is 4. The van der Waals surface area contributed by atoms with E-state index >= 15 is 0 Å². The summed E-state index contributed by atoms with van der Waals surface area (Å²) in [5.74, 6) is 2.45. The first-order valence-corrected chi connectivity index (χ1v) is 20.6. The van der Waals surface area contributed by atoms with Crippen LogP contribution in [0.2, 0.25) is 0 Å². The molecule has 9 rings (SSSR count). The Labute approximate surface area is 348 Å². The summed E-state index contributed by atoms with van der Waals surface area (Å²) in [7, 11) is 0. The van der Waals surface area contributed by atoms with E-state index in [2.05, 4.69) is 222 Å². The fraction of sp³-hybridized carbons (Fsp3) is 0.204. The van der Waals surface area contributed by atoms with E-state index in [1.807, 2.05) is 6.20 Å². The molecule has 0 radical (unpaired) electrons. The third-order valence-corrected chi connectivity index (χ3v) is 11.6. The van der Waals surface area contributed by atoms with Crippen LogP contribution in [0.15, 0.2) is 164 Å².